The minimum atomic E-state index is -0.0419. The van der Waals surface area contributed by atoms with Gasteiger partial charge >= 0.3 is 0 Å². The Balaban J connectivity index is 1.97. The van der Waals surface area contributed by atoms with Crippen molar-refractivity contribution in [3.63, 3.8) is 0 Å². The second-order valence-corrected chi connectivity index (χ2v) is 4.51. The first-order chi connectivity index (χ1) is 8.24. The van der Waals surface area contributed by atoms with Crippen molar-refractivity contribution in [2.45, 2.75) is 18.8 Å². The molecule has 0 bridgehead atoms. The second-order valence-electron chi connectivity index (χ2n) is 4.51. The molecule has 1 fully saturated rings. The van der Waals surface area contributed by atoms with Crippen molar-refractivity contribution in [2.24, 2.45) is 0 Å². The largest absolute Gasteiger partial charge is 0.361 e. The van der Waals surface area contributed by atoms with E-state index in [0.29, 0.717) is 0 Å². The number of aromatic amines is 1. The van der Waals surface area contributed by atoms with Gasteiger partial charge in [-0.25, -0.2) is 0 Å². The quantitative estimate of drug-likeness (QED) is 0.771. The minimum absolute atomic E-state index is 0.0419. The number of carbonyl (C=O) groups excluding carboxylic acids is 1. The molecular weight excluding hydrogens is 212 g/mol. The molecule has 0 saturated carbocycles. The van der Waals surface area contributed by atoms with E-state index in [0.717, 1.165) is 35.0 Å². The normalized spacial score (nSPS) is 20.6. The van der Waals surface area contributed by atoms with Crippen molar-refractivity contribution >= 4 is 16.8 Å². The van der Waals surface area contributed by atoms with Gasteiger partial charge in [0.15, 0.2) is 0 Å². The number of benzene rings is 1. The average molecular weight is 226 g/mol. The molecule has 1 saturated heterocycles. The fraction of sp³-hybridized carbons (Fsp3) is 0.214. The van der Waals surface area contributed by atoms with Crippen LogP contribution >= 0.6 is 0 Å². The van der Waals surface area contributed by atoms with E-state index in [2.05, 4.69) is 22.9 Å². The molecule has 0 aliphatic carbocycles. The third kappa shape index (κ3) is 1.73. The van der Waals surface area contributed by atoms with E-state index >= 15 is 0 Å². The maximum absolute atomic E-state index is 11.9. The van der Waals surface area contributed by atoms with Crippen molar-refractivity contribution < 1.29 is 4.79 Å². The second kappa shape index (κ2) is 3.77. The van der Waals surface area contributed by atoms with Crippen molar-refractivity contribution in [3.8, 4) is 0 Å². The molecule has 3 nitrogen and oxygen atoms in total. The van der Waals surface area contributed by atoms with E-state index < -0.39 is 0 Å². The summed E-state index contributed by atoms with van der Waals surface area (Å²) in [6.45, 7) is 3.80. The van der Waals surface area contributed by atoms with Gasteiger partial charge in [-0.05, 0) is 42.0 Å². The molecule has 1 aliphatic rings. The van der Waals surface area contributed by atoms with Crippen LogP contribution in [0.15, 0.2) is 42.7 Å². The lowest BCUT2D eigenvalue weighted by Crippen LogP contribution is -2.33. The molecule has 1 aliphatic heterocycles. The summed E-state index contributed by atoms with van der Waals surface area (Å²) in [6.07, 6.45) is 3.62. The number of piperidine rings is 1. The van der Waals surface area contributed by atoms with Crippen molar-refractivity contribution in [2.75, 3.05) is 0 Å². The molecule has 3 heteroatoms. The van der Waals surface area contributed by atoms with Crippen LogP contribution in [-0.2, 0) is 4.79 Å². The van der Waals surface area contributed by atoms with Gasteiger partial charge in [-0.2, -0.15) is 0 Å². The van der Waals surface area contributed by atoms with Crippen LogP contribution in [0.3, 0.4) is 0 Å². The summed E-state index contributed by atoms with van der Waals surface area (Å²) in [5.74, 6) is 0.0240. The number of aromatic nitrogens is 1. The summed E-state index contributed by atoms with van der Waals surface area (Å²) < 4.78 is 0. The Bertz CT molecular complexity index is 597. The van der Waals surface area contributed by atoms with Crippen molar-refractivity contribution in [1.82, 2.24) is 10.3 Å². The van der Waals surface area contributed by atoms with Crippen LogP contribution in [-0.4, -0.2) is 10.9 Å². The first kappa shape index (κ1) is 10.1. The molecule has 17 heavy (non-hydrogen) atoms. The molecule has 0 spiro atoms. The predicted molar refractivity (Wildman–Crippen MR) is 67.6 cm³/mol. The molecule has 1 aromatic heterocycles. The molecule has 86 valence electrons. The van der Waals surface area contributed by atoms with E-state index in [1.54, 1.807) is 0 Å². The van der Waals surface area contributed by atoms with Crippen LogP contribution in [0.4, 0.5) is 0 Å². The van der Waals surface area contributed by atoms with Crippen LogP contribution < -0.4 is 5.32 Å². The number of fused-ring (bicyclic) bond motifs is 1. The number of amides is 1. The Hall–Kier alpha value is -2.03. The topological polar surface area (TPSA) is 44.9 Å². The molecule has 2 heterocycles. The van der Waals surface area contributed by atoms with Gasteiger partial charge in [0.2, 0.25) is 5.91 Å². The third-order valence-electron chi connectivity index (χ3n) is 3.33. The Morgan fingerprint density at radius 1 is 1.29 bits per heavy atom. The lowest BCUT2D eigenvalue weighted by atomic mass is 9.89. The van der Waals surface area contributed by atoms with Gasteiger partial charge in [-0.1, -0.05) is 12.6 Å². The molecule has 0 radical (unpaired) electrons. The number of nitrogens with one attached hydrogen (secondary N) is 2. The third-order valence-corrected chi connectivity index (χ3v) is 3.33. The van der Waals surface area contributed by atoms with Crippen molar-refractivity contribution in [3.05, 3.63) is 48.3 Å². The SMILES string of the molecule is C=C1CCC(c2ccc3[nH]ccc3c2)C(=O)N1. The highest BCUT2D eigenvalue weighted by Crippen LogP contribution is 2.29. The van der Waals surface area contributed by atoms with Crippen molar-refractivity contribution in [1.29, 1.82) is 0 Å². The monoisotopic (exact) mass is 226 g/mol. The first-order valence-corrected chi connectivity index (χ1v) is 5.80. The standard InChI is InChI=1S/C14H14N2O/c1-9-2-4-12(14(17)16-9)10-3-5-13-11(8-10)6-7-15-13/h3,5-8,12,15H,1-2,4H2,(H,16,17). The van der Waals surface area contributed by atoms with E-state index in [1.165, 1.54) is 0 Å². The number of hydrogen-bond donors (Lipinski definition) is 2. The smallest absolute Gasteiger partial charge is 0.231 e. The van der Waals surface area contributed by atoms with E-state index in [-0.39, 0.29) is 11.8 Å². The van der Waals surface area contributed by atoms with E-state index in [1.807, 2.05) is 24.4 Å². The summed E-state index contributed by atoms with van der Waals surface area (Å²) in [5, 5.41) is 3.98. The summed E-state index contributed by atoms with van der Waals surface area (Å²) in [7, 11) is 0. The maximum atomic E-state index is 11.9. The van der Waals surface area contributed by atoms with Gasteiger partial charge in [0, 0.05) is 17.4 Å². The molecule has 2 aromatic rings. The highest BCUT2D eigenvalue weighted by Gasteiger charge is 2.25. The van der Waals surface area contributed by atoms with Crippen LogP contribution in [0, 0.1) is 0 Å². The Kier molecular flexibility index (Phi) is 2.25. The Morgan fingerprint density at radius 3 is 3.00 bits per heavy atom. The molecule has 1 unspecified atom stereocenters. The number of rotatable bonds is 1. The van der Waals surface area contributed by atoms with E-state index in [4.69, 9.17) is 0 Å². The molecule has 3 rings (SSSR count). The first-order valence-electron chi connectivity index (χ1n) is 5.80. The maximum Gasteiger partial charge on any atom is 0.231 e. The van der Waals surface area contributed by atoms with Gasteiger partial charge < -0.3 is 10.3 Å². The fourth-order valence-electron chi connectivity index (χ4n) is 2.38. The molecule has 1 aromatic carbocycles. The van der Waals surface area contributed by atoms with E-state index in [9.17, 15) is 4.79 Å². The van der Waals surface area contributed by atoms with Gasteiger partial charge in [0.1, 0.15) is 0 Å². The fourth-order valence-corrected chi connectivity index (χ4v) is 2.38. The van der Waals surface area contributed by atoms with Gasteiger partial charge in [-0.15, -0.1) is 0 Å². The number of allylic oxidation sites excluding steroid dienone is 1. The highest BCUT2D eigenvalue weighted by molar-refractivity contribution is 5.88. The number of hydrogen-bond acceptors (Lipinski definition) is 1. The average Bonchev–Trinajstić information content (AvgIpc) is 2.75. The Morgan fingerprint density at radius 2 is 2.18 bits per heavy atom. The van der Waals surface area contributed by atoms with Crippen LogP contribution in [0.25, 0.3) is 10.9 Å². The van der Waals surface area contributed by atoms with Crippen LogP contribution in [0.1, 0.15) is 24.3 Å². The zero-order chi connectivity index (χ0) is 11.8. The molecule has 1 amide bonds. The number of carbonyl (C=O) groups is 1. The van der Waals surface area contributed by atoms with Crippen LogP contribution in [0.5, 0.6) is 0 Å². The molecule has 2 N–H and O–H groups in total. The zero-order valence-electron chi connectivity index (χ0n) is 9.49. The summed E-state index contributed by atoms with van der Waals surface area (Å²) >= 11 is 0. The molecular formula is C14H14N2O. The summed E-state index contributed by atoms with van der Waals surface area (Å²) in [4.78, 5) is 15.1. The predicted octanol–water partition coefficient (Wildman–Crippen LogP) is 2.68. The van der Waals surface area contributed by atoms with Gasteiger partial charge in [-0.3, -0.25) is 4.79 Å². The Labute approximate surface area is 99.5 Å². The zero-order valence-corrected chi connectivity index (χ0v) is 9.49. The summed E-state index contributed by atoms with van der Waals surface area (Å²) in [5.41, 5.74) is 3.02. The minimum Gasteiger partial charge on any atom is -0.361 e. The molecule has 1 atom stereocenters. The number of H-pyrrole nitrogens is 1. The summed E-state index contributed by atoms with van der Waals surface area (Å²) in [6, 6.07) is 8.17. The van der Waals surface area contributed by atoms with Crippen LogP contribution in [0.2, 0.25) is 0 Å². The van der Waals surface area contributed by atoms with Gasteiger partial charge in [0.05, 0.1) is 5.92 Å². The van der Waals surface area contributed by atoms with Gasteiger partial charge in [0.25, 0.3) is 0 Å². The highest BCUT2D eigenvalue weighted by atomic mass is 16.1. The lowest BCUT2D eigenvalue weighted by molar-refractivity contribution is -0.122. The lowest BCUT2D eigenvalue weighted by Gasteiger charge is -2.23.